The summed E-state index contributed by atoms with van der Waals surface area (Å²) in [4.78, 5) is 11.8. The summed E-state index contributed by atoms with van der Waals surface area (Å²) >= 11 is 3.50. The third-order valence-electron chi connectivity index (χ3n) is 3.03. The number of carbonyl (C=O) groups excluding carboxylic acids is 1. The maximum atomic E-state index is 11.8. The molecule has 0 atom stereocenters. The van der Waals surface area contributed by atoms with Crippen LogP contribution in [0.25, 0.3) is 0 Å². The number of carbonyl (C=O) groups is 1. The van der Waals surface area contributed by atoms with Gasteiger partial charge < -0.3 is 10.6 Å². The molecule has 0 aliphatic carbocycles. The molecule has 0 saturated carbocycles. The first-order chi connectivity index (χ1) is 9.66. The van der Waals surface area contributed by atoms with Crippen LogP contribution in [0.5, 0.6) is 0 Å². The SMILES string of the molecule is Cc1ccccc1NC(=O)NCCc1ccccc1Br. The van der Waals surface area contributed by atoms with E-state index in [0.717, 1.165) is 22.1 Å². The van der Waals surface area contributed by atoms with Gasteiger partial charge in [-0.05, 0) is 36.6 Å². The lowest BCUT2D eigenvalue weighted by Crippen LogP contribution is -2.30. The molecule has 20 heavy (non-hydrogen) atoms. The fourth-order valence-corrected chi connectivity index (χ4v) is 2.37. The number of aryl methyl sites for hydroxylation is 1. The Morgan fingerprint density at radius 1 is 1.10 bits per heavy atom. The Morgan fingerprint density at radius 2 is 1.80 bits per heavy atom. The predicted octanol–water partition coefficient (Wildman–Crippen LogP) is 4.12. The Balaban J connectivity index is 1.82. The minimum absolute atomic E-state index is 0.175. The Hall–Kier alpha value is -1.81. The number of hydrogen-bond donors (Lipinski definition) is 2. The summed E-state index contributed by atoms with van der Waals surface area (Å²) in [5, 5.41) is 5.71. The van der Waals surface area contributed by atoms with Crippen LogP contribution in [0.1, 0.15) is 11.1 Å². The number of amides is 2. The molecule has 2 aromatic carbocycles. The van der Waals surface area contributed by atoms with Crippen molar-refractivity contribution in [3.63, 3.8) is 0 Å². The van der Waals surface area contributed by atoms with Gasteiger partial charge in [0.15, 0.2) is 0 Å². The Morgan fingerprint density at radius 3 is 2.55 bits per heavy atom. The van der Waals surface area contributed by atoms with Gasteiger partial charge in [-0.1, -0.05) is 52.3 Å². The molecule has 0 aromatic heterocycles. The van der Waals surface area contributed by atoms with Crippen molar-refractivity contribution in [3.8, 4) is 0 Å². The van der Waals surface area contributed by atoms with Crippen molar-refractivity contribution in [1.29, 1.82) is 0 Å². The van der Waals surface area contributed by atoms with Crippen LogP contribution < -0.4 is 10.6 Å². The monoisotopic (exact) mass is 332 g/mol. The van der Waals surface area contributed by atoms with E-state index in [1.54, 1.807) is 0 Å². The Bertz CT molecular complexity index is 599. The average Bonchev–Trinajstić information content (AvgIpc) is 2.43. The number of para-hydroxylation sites is 1. The van der Waals surface area contributed by atoms with Crippen LogP contribution >= 0.6 is 15.9 Å². The standard InChI is InChI=1S/C16H17BrN2O/c1-12-6-2-5-9-15(12)19-16(20)18-11-10-13-7-3-4-8-14(13)17/h2-9H,10-11H2,1H3,(H2,18,19,20). The molecule has 4 heteroatoms. The first-order valence-corrected chi connectivity index (χ1v) is 7.30. The lowest BCUT2D eigenvalue weighted by molar-refractivity contribution is 0.252. The maximum Gasteiger partial charge on any atom is 0.319 e. The van der Waals surface area contributed by atoms with Crippen LogP contribution in [0, 0.1) is 6.92 Å². The average molecular weight is 333 g/mol. The van der Waals surface area contributed by atoms with E-state index in [2.05, 4.69) is 26.6 Å². The summed E-state index contributed by atoms with van der Waals surface area (Å²) in [6.45, 7) is 2.57. The molecule has 2 amide bonds. The van der Waals surface area contributed by atoms with Crippen molar-refractivity contribution in [2.24, 2.45) is 0 Å². The summed E-state index contributed by atoms with van der Waals surface area (Å²) in [6, 6.07) is 15.6. The maximum absolute atomic E-state index is 11.8. The normalized spacial score (nSPS) is 10.1. The molecule has 0 bridgehead atoms. The van der Waals surface area contributed by atoms with Crippen molar-refractivity contribution >= 4 is 27.6 Å². The molecular weight excluding hydrogens is 316 g/mol. The van der Waals surface area contributed by atoms with Crippen molar-refractivity contribution < 1.29 is 4.79 Å². The Labute approximate surface area is 127 Å². The van der Waals surface area contributed by atoms with E-state index in [-0.39, 0.29) is 6.03 Å². The number of hydrogen-bond acceptors (Lipinski definition) is 1. The molecule has 3 nitrogen and oxygen atoms in total. The van der Waals surface area contributed by atoms with E-state index in [1.165, 1.54) is 5.56 Å². The third kappa shape index (κ3) is 4.10. The van der Waals surface area contributed by atoms with Gasteiger partial charge in [-0.15, -0.1) is 0 Å². The van der Waals surface area contributed by atoms with Gasteiger partial charge in [0.05, 0.1) is 0 Å². The molecular formula is C16H17BrN2O. The largest absolute Gasteiger partial charge is 0.338 e. The van der Waals surface area contributed by atoms with Gasteiger partial charge in [0, 0.05) is 16.7 Å². The fraction of sp³-hybridized carbons (Fsp3) is 0.188. The summed E-state index contributed by atoms with van der Waals surface area (Å²) in [5.41, 5.74) is 3.07. The third-order valence-corrected chi connectivity index (χ3v) is 3.80. The number of rotatable bonds is 4. The highest BCUT2D eigenvalue weighted by atomic mass is 79.9. The molecule has 104 valence electrons. The smallest absolute Gasteiger partial charge is 0.319 e. The zero-order chi connectivity index (χ0) is 14.4. The number of urea groups is 1. The molecule has 0 aliphatic rings. The van der Waals surface area contributed by atoms with Crippen LogP contribution in [0.4, 0.5) is 10.5 Å². The summed E-state index contributed by atoms with van der Waals surface area (Å²) < 4.78 is 1.07. The summed E-state index contributed by atoms with van der Waals surface area (Å²) in [7, 11) is 0. The Kier molecular flexibility index (Phi) is 5.18. The number of halogens is 1. The van der Waals surface area contributed by atoms with Crippen molar-refractivity contribution in [2.75, 3.05) is 11.9 Å². The van der Waals surface area contributed by atoms with Gasteiger partial charge in [0.1, 0.15) is 0 Å². The first-order valence-electron chi connectivity index (χ1n) is 6.50. The highest BCUT2D eigenvalue weighted by molar-refractivity contribution is 9.10. The van der Waals surface area contributed by atoms with Crippen molar-refractivity contribution in [1.82, 2.24) is 5.32 Å². The minimum atomic E-state index is -0.175. The van der Waals surface area contributed by atoms with E-state index >= 15 is 0 Å². The van der Waals surface area contributed by atoms with Crippen LogP contribution in [-0.4, -0.2) is 12.6 Å². The highest BCUT2D eigenvalue weighted by Crippen LogP contribution is 2.16. The predicted molar refractivity (Wildman–Crippen MR) is 86.0 cm³/mol. The van der Waals surface area contributed by atoms with Crippen molar-refractivity contribution in [2.45, 2.75) is 13.3 Å². The zero-order valence-corrected chi connectivity index (χ0v) is 12.9. The molecule has 2 aromatic rings. The summed E-state index contributed by atoms with van der Waals surface area (Å²) in [6.07, 6.45) is 0.794. The lowest BCUT2D eigenvalue weighted by atomic mass is 10.1. The van der Waals surface area contributed by atoms with Crippen LogP contribution in [0.15, 0.2) is 53.0 Å². The minimum Gasteiger partial charge on any atom is -0.338 e. The molecule has 0 unspecified atom stereocenters. The summed E-state index contributed by atoms with van der Waals surface area (Å²) in [5.74, 6) is 0. The topological polar surface area (TPSA) is 41.1 Å². The van der Waals surface area contributed by atoms with E-state index in [4.69, 9.17) is 0 Å². The molecule has 0 aliphatic heterocycles. The zero-order valence-electron chi connectivity index (χ0n) is 11.3. The molecule has 2 N–H and O–H groups in total. The fourth-order valence-electron chi connectivity index (χ4n) is 1.89. The second kappa shape index (κ2) is 7.10. The second-order valence-electron chi connectivity index (χ2n) is 4.54. The molecule has 0 radical (unpaired) electrons. The quantitative estimate of drug-likeness (QED) is 0.868. The van der Waals surface area contributed by atoms with E-state index in [1.807, 2.05) is 55.5 Å². The number of anilines is 1. The number of benzene rings is 2. The van der Waals surface area contributed by atoms with Crippen LogP contribution in [0.2, 0.25) is 0 Å². The van der Waals surface area contributed by atoms with Gasteiger partial charge in [-0.2, -0.15) is 0 Å². The highest BCUT2D eigenvalue weighted by Gasteiger charge is 2.04. The van der Waals surface area contributed by atoms with Gasteiger partial charge in [-0.3, -0.25) is 0 Å². The van der Waals surface area contributed by atoms with Gasteiger partial charge >= 0.3 is 6.03 Å². The van der Waals surface area contributed by atoms with E-state index in [0.29, 0.717) is 6.54 Å². The molecule has 0 saturated heterocycles. The molecule has 2 rings (SSSR count). The van der Waals surface area contributed by atoms with E-state index < -0.39 is 0 Å². The van der Waals surface area contributed by atoms with Crippen LogP contribution in [0.3, 0.4) is 0 Å². The molecule has 0 fully saturated rings. The lowest BCUT2D eigenvalue weighted by Gasteiger charge is -2.10. The first kappa shape index (κ1) is 14.6. The van der Waals surface area contributed by atoms with E-state index in [9.17, 15) is 4.79 Å². The molecule has 0 spiro atoms. The van der Waals surface area contributed by atoms with Crippen LogP contribution in [-0.2, 0) is 6.42 Å². The van der Waals surface area contributed by atoms with Crippen molar-refractivity contribution in [3.05, 3.63) is 64.1 Å². The molecule has 0 heterocycles. The number of nitrogens with one attached hydrogen (secondary N) is 2. The van der Waals surface area contributed by atoms with Gasteiger partial charge in [-0.25, -0.2) is 4.79 Å². The van der Waals surface area contributed by atoms with Gasteiger partial charge in [0.25, 0.3) is 0 Å². The van der Waals surface area contributed by atoms with Gasteiger partial charge in [0.2, 0.25) is 0 Å². The second-order valence-corrected chi connectivity index (χ2v) is 5.39.